The van der Waals surface area contributed by atoms with Crippen LogP contribution in [0.15, 0.2) is 42.5 Å². The molecule has 1 N–H and O–H groups in total. The summed E-state index contributed by atoms with van der Waals surface area (Å²) < 4.78 is 45.0. The second kappa shape index (κ2) is 9.80. The molecule has 2 aliphatic rings. The number of carbonyl (C=O) groups is 1. The summed E-state index contributed by atoms with van der Waals surface area (Å²) in [7, 11) is 1.63. The molecule has 0 spiro atoms. The third-order valence-corrected chi connectivity index (χ3v) is 6.27. The predicted octanol–water partition coefficient (Wildman–Crippen LogP) is 4.07. The van der Waals surface area contributed by atoms with E-state index in [1.165, 1.54) is 6.07 Å². The minimum absolute atomic E-state index is 0.0370. The van der Waals surface area contributed by atoms with Gasteiger partial charge in [0, 0.05) is 45.0 Å². The van der Waals surface area contributed by atoms with E-state index in [1.54, 1.807) is 12.0 Å². The molecule has 178 valence electrons. The van der Waals surface area contributed by atoms with Crippen LogP contribution in [0.3, 0.4) is 0 Å². The Labute approximate surface area is 191 Å². The second-order valence-electron chi connectivity index (χ2n) is 8.34. The van der Waals surface area contributed by atoms with E-state index in [-0.39, 0.29) is 12.5 Å². The quantitative estimate of drug-likeness (QED) is 0.701. The first-order chi connectivity index (χ1) is 15.8. The summed E-state index contributed by atoms with van der Waals surface area (Å²) in [5.41, 5.74) is 1.43. The molecule has 0 unspecified atom stereocenters. The maximum absolute atomic E-state index is 13.3. The third kappa shape index (κ3) is 5.46. The van der Waals surface area contributed by atoms with Crippen molar-refractivity contribution in [3.8, 4) is 5.75 Å². The number of anilines is 3. The SMILES string of the molecule is COc1ccc(N2CCN(C(=O)CNc3cc(C(F)(F)F)ccc3N3CCCC3)CC2)cc1. The van der Waals surface area contributed by atoms with Gasteiger partial charge in [0.25, 0.3) is 0 Å². The van der Waals surface area contributed by atoms with E-state index in [9.17, 15) is 18.0 Å². The number of hydrogen-bond acceptors (Lipinski definition) is 5. The Balaban J connectivity index is 1.37. The van der Waals surface area contributed by atoms with E-state index in [0.717, 1.165) is 55.2 Å². The van der Waals surface area contributed by atoms with Gasteiger partial charge in [0.1, 0.15) is 5.75 Å². The Kier molecular flexibility index (Phi) is 6.85. The number of rotatable bonds is 6. The number of nitrogens with one attached hydrogen (secondary N) is 1. The minimum Gasteiger partial charge on any atom is -0.497 e. The maximum Gasteiger partial charge on any atom is 0.416 e. The van der Waals surface area contributed by atoms with Gasteiger partial charge in [-0.2, -0.15) is 13.2 Å². The summed E-state index contributed by atoms with van der Waals surface area (Å²) in [5.74, 6) is 0.677. The molecule has 2 aromatic carbocycles. The summed E-state index contributed by atoms with van der Waals surface area (Å²) in [6.45, 7) is 4.09. The molecule has 2 heterocycles. The molecule has 0 atom stereocenters. The van der Waals surface area contributed by atoms with E-state index in [2.05, 4.69) is 15.1 Å². The van der Waals surface area contributed by atoms with Gasteiger partial charge in [0.05, 0.1) is 30.6 Å². The normalized spacial score (nSPS) is 16.8. The van der Waals surface area contributed by atoms with Crippen molar-refractivity contribution in [2.45, 2.75) is 19.0 Å². The highest BCUT2D eigenvalue weighted by Crippen LogP contribution is 2.36. The second-order valence-corrected chi connectivity index (χ2v) is 8.34. The van der Waals surface area contributed by atoms with Gasteiger partial charge in [-0.15, -0.1) is 0 Å². The smallest absolute Gasteiger partial charge is 0.416 e. The Hall–Kier alpha value is -3.10. The lowest BCUT2D eigenvalue weighted by molar-refractivity contribution is -0.137. The van der Waals surface area contributed by atoms with Gasteiger partial charge < -0.3 is 24.8 Å². The van der Waals surface area contributed by atoms with Crippen molar-refractivity contribution in [1.29, 1.82) is 0 Å². The van der Waals surface area contributed by atoms with Crippen LogP contribution >= 0.6 is 0 Å². The fourth-order valence-corrected chi connectivity index (χ4v) is 4.38. The Bertz CT molecular complexity index is 951. The first-order valence-electron chi connectivity index (χ1n) is 11.2. The molecular weight excluding hydrogens is 433 g/mol. The van der Waals surface area contributed by atoms with Gasteiger partial charge in [-0.1, -0.05) is 0 Å². The Morgan fingerprint density at radius 2 is 1.61 bits per heavy atom. The number of ether oxygens (including phenoxy) is 1. The molecule has 2 aliphatic heterocycles. The van der Waals surface area contributed by atoms with Crippen LogP contribution in [0, 0.1) is 0 Å². The molecule has 1 amide bonds. The van der Waals surface area contributed by atoms with Crippen LogP contribution in [0.2, 0.25) is 0 Å². The number of halogens is 3. The van der Waals surface area contributed by atoms with Gasteiger partial charge >= 0.3 is 6.18 Å². The van der Waals surface area contributed by atoms with Crippen LogP contribution in [-0.4, -0.2) is 63.7 Å². The zero-order chi connectivity index (χ0) is 23.4. The molecule has 0 aliphatic carbocycles. The molecule has 2 saturated heterocycles. The van der Waals surface area contributed by atoms with E-state index in [0.29, 0.717) is 31.9 Å². The summed E-state index contributed by atoms with van der Waals surface area (Å²) in [6.07, 6.45) is -2.41. The number of alkyl halides is 3. The standard InChI is InChI=1S/C24H29F3N4O2/c1-33-20-7-5-19(6-8-20)29-12-14-31(15-13-29)23(32)17-28-21-16-18(24(25,26)27)4-9-22(21)30-10-2-3-11-30/h4-9,16,28H,2-3,10-15,17H2,1H3. The number of hydrogen-bond donors (Lipinski definition) is 1. The summed E-state index contributed by atoms with van der Waals surface area (Å²) in [5, 5.41) is 2.99. The number of amides is 1. The molecule has 2 fully saturated rings. The molecule has 2 aromatic rings. The monoisotopic (exact) mass is 462 g/mol. The summed E-state index contributed by atoms with van der Waals surface area (Å²) >= 11 is 0. The Morgan fingerprint density at radius 1 is 0.939 bits per heavy atom. The summed E-state index contributed by atoms with van der Waals surface area (Å²) in [4.78, 5) is 18.8. The number of nitrogens with zero attached hydrogens (tertiary/aromatic N) is 3. The fraction of sp³-hybridized carbons (Fsp3) is 0.458. The lowest BCUT2D eigenvalue weighted by Crippen LogP contribution is -2.50. The van der Waals surface area contributed by atoms with Crippen molar-refractivity contribution < 1.29 is 22.7 Å². The third-order valence-electron chi connectivity index (χ3n) is 6.27. The van der Waals surface area contributed by atoms with Crippen molar-refractivity contribution in [2.75, 3.05) is 68.0 Å². The highest BCUT2D eigenvalue weighted by Gasteiger charge is 2.32. The number of methoxy groups -OCH3 is 1. The molecule has 0 bridgehead atoms. The first kappa shape index (κ1) is 23.1. The van der Waals surface area contributed by atoms with Crippen LogP contribution in [0.4, 0.5) is 30.2 Å². The van der Waals surface area contributed by atoms with Crippen LogP contribution in [0.1, 0.15) is 18.4 Å². The van der Waals surface area contributed by atoms with Crippen molar-refractivity contribution in [3.05, 3.63) is 48.0 Å². The van der Waals surface area contributed by atoms with E-state index in [4.69, 9.17) is 4.74 Å². The number of benzene rings is 2. The fourth-order valence-electron chi connectivity index (χ4n) is 4.38. The predicted molar refractivity (Wildman–Crippen MR) is 123 cm³/mol. The molecule has 6 nitrogen and oxygen atoms in total. The average molecular weight is 463 g/mol. The van der Waals surface area contributed by atoms with Gasteiger partial charge in [-0.3, -0.25) is 4.79 Å². The van der Waals surface area contributed by atoms with Crippen molar-refractivity contribution in [2.24, 2.45) is 0 Å². The largest absolute Gasteiger partial charge is 0.497 e. The van der Waals surface area contributed by atoms with E-state index < -0.39 is 11.7 Å². The number of piperazine rings is 1. The van der Waals surface area contributed by atoms with Gasteiger partial charge in [-0.25, -0.2) is 0 Å². The maximum atomic E-state index is 13.3. The van der Waals surface area contributed by atoms with Crippen LogP contribution in [0.25, 0.3) is 0 Å². The highest BCUT2D eigenvalue weighted by atomic mass is 19.4. The van der Waals surface area contributed by atoms with E-state index >= 15 is 0 Å². The van der Waals surface area contributed by atoms with Crippen molar-refractivity contribution in [1.82, 2.24) is 4.90 Å². The molecular formula is C24H29F3N4O2. The molecule has 0 radical (unpaired) electrons. The molecule has 4 rings (SSSR count). The summed E-state index contributed by atoms with van der Waals surface area (Å²) in [6, 6.07) is 11.5. The zero-order valence-electron chi connectivity index (χ0n) is 18.7. The minimum atomic E-state index is -4.43. The first-order valence-corrected chi connectivity index (χ1v) is 11.2. The lowest BCUT2D eigenvalue weighted by atomic mass is 10.1. The van der Waals surface area contributed by atoms with Crippen molar-refractivity contribution in [3.63, 3.8) is 0 Å². The van der Waals surface area contributed by atoms with Gasteiger partial charge in [0.15, 0.2) is 0 Å². The van der Waals surface area contributed by atoms with Gasteiger partial charge in [-0.05, 0) is 55.3 Å². The lowest BCUT2D eigenvalue weighted by Gasteiger charge is -2.36. The van der Waals surface area contributed by atoms with E-state index in [1.807, 2.05) is 24.3 Å². The molecule has 0 saturated carbocycles. The average Bonchev–Trinajstić information content (AvgIpc) is 3.37. The molecule has 9 heteroatoms. The van der Waals surface area contributed by atoms with Crippen LogP contribution in [-0.2, 0) is 11.0 Å². The number of carbonyl (C=O) groups excluding carboxylic acids is 1. The highest BCUT2D eigenvalue weighted by molar-refractivity contribution is 5.83. The van der Waals surface area contributed by atoms with Gasteiger partial charge in [0.2, 0.25) is 5.91 Å². The van der Waals surface area contributed by atoms with Crippen LogP contribution in [0.5, 0.6) is 5.75 Å². The van der Waals surface area contributed by atoms with Crippen molar-refractivity contribution >= 4 is 23.0 Å². The topological polar surface area (TPSA) is 48.1 Å². The van der Waals surface area contributed by atoms with Crippen LogP contribution < -0.4 is 19.9 Å². The molecule has 33 heavy (non-hydrogen) atoms. The zero-order valence-corrected chi connectivity index (χ0v) is 18.7. The molecule has 0 aromatic heterocycles. The Morgan fingerprint density at radius 3 is 2.21 bits per heavy atom.